The molecule has 1 aromatic carbocycles. The second kappa shape index (κ2) is 10.2. The number of alkyl halides is 3. The fourth-order valence-electron chi connectivity index (χ4n) is 3.03. The van der Waals surface area contributed by atoms with Crippen molar-refractivity contribution in [3.63, 3.8) is 0 Å². The van der Waals surface area contributed by atoms with Gasteiger partial charge in [0.05, 0.1) is 30.9 Å². The van der Waals surface area contributed by atoms with Crippen molar-refractivity contribution in [3.8, 4) is 0 Å². The van der Waals surface area contributed by atoms with Crippen LogP contribution < -0.4 is 10.6 Å². The molecule has 0 aliphatic carbocycles. The van der Waals surface area contributed by atoms with E-state index in [1.54, 1.807) is 6.92 Å². The van der Waals surface area contributed by atoms with Crippen molar-refractivity contribution < 1.29 is 27.4 Å². The Morgan fingerprint density at radius 2 is 1.93 bits per heavy atom. The van der Waals surface area contributed by atoms with Crippen LogP contribution in [0.25, 0.3) is 0 Å². The van der Waals surface area contributed by atoms with Crippen LogP contribution in [0.15, 0.2) is 23.2 Å². The molecule has 0 spiro atoms. The van der Waals surface area contributed by atoms with Crippen LogP contribution >= 0.6 is 0 Å². The molecule has 1 atom stereocenters. The van der Waals surface area contributed by atoms with Crippen LogP contribution in [0.5, 0.6) is 0 Å². The molecule has 1 aliphatic heterocycles. The lowest BCUT2D eigenvalue weighted by atomic mass is 10.1. The van der Waals surface area contributed by atoms with Gasteiger partial charge in [0.15, 0.2) is 5.96 Å². The summed E-state index contributed by atoms with van der Waals surface area (Å²) < 4.78 is 57.9. The van der Waals surface area contributed by atoms with Gasteiger partial charge in [-0.05, 0) is 31.5 Å². The lowest BCUT2D eigenvalue weighted by molar-refractivity contribution is -0.138. The molecule has 0 aromatic heterocycles. The minimum atomic E-state index is -4.67. The highest BCUT2D eigenvalue weighted by Gasteiger charge is 2.33. The van der Waals surface area contributed by atoms with E-state index in [1.807, 2.05) is 6.92 Å². The van der Waals surface area contributed by atoms with E-state index >= 15 is 0 Å². The molecule has 164 valence electrons. The number of ether oxygens (including phenoxy) is 1. The molecule has 0 radical (unpaired) electrons. The average molecular weight is 420 g/mol. The summed E-state index contributed by atoms with van der Waals surface area (Å²) in [5, 5.41) is 16.5. The van der Waals surface area contributed by atoms with Crippen LogP contribution in [0, 0.1) is 5.82 Å². The molecule has 1 unspecified atom stereocenters. The highest BCUT2D eigenvalue weighted by Crippen LogP contribution is 2.32. The molecule has 0 amide bonds. The number of benzene rings is 1. The molecule has 1 saturated heterocycles. The van der Waals surface area contributed by atoms with Gasteiger partial charge in [-0.25, -0.2) is 9.38 Å². The van der Waals surface area contributed by atoms with E-state index in [0.717, 1.165) is 25.2 Å². The van der Waals surface area contributed by atoms with Crippen LogP contribution in [0.3, 0.4) is 0 Å². The standard InChI is InChI=1S/C19H28F4N4O2/c1-3-24-17(26-12-18(2,28)13-27-6-8-29-9-7-27)25-11-14-4-5-15(20)10-16(14)19(21,22)23/h4-5,10,28H,3,6-9,11-13H2,1-2H3,(H2,24,25,26). The molecular weight excluding hydrogens is 392 g/mol. The van der Waals surface area contributed by atoms with Gasteiger partial charge in [0.1, 0.15) is 5.82 Å². The summed E-state index contributed by atoms with van der Waals surface area (Å²) in [6.45, 7) is 7.00. The van der Waals surface area contributed by atoms with Crippen molar-refractivity contribution in [1.82, 2.24) is 15.5 Å². The zero-order valence-corrected chi connectivity index (χ0v) is 16.7. The van der Waals surface area contributed by atoms with Gasteiger partial charge in [-0.3, -0.25) is 4.90 Å². The van der Waals surface area contributed by atoms with Gasteiger partial charge in [-0.1, -0.05) is 6.07 Å². The Balaban J connectivity index is 2.03. The zero-order chi connectivity index (χ0) is 21.5. The first kappa shape index (κ1) is 23.4. The first-order valence-electron chi connectivity index (χ1n) is 9.51. The monoisotopic (exact) mass is 420 g/mol. The smallest absolute Gasteiger partial charge is 0.387 e. The topological polar surface area (TPSA) is 69.1 Å². The summed E-state index contributed by atoms with van der Waals surface area (Å²) in [7, 11) is 0. The Labute approximate surface area is 167 Å². The molecule has 10 heteroatoms. The van der Waals surface area contributed by atoms with E-state index in [2.05, 4.69) is 20.5 Å². The first-order chi connectivity index (χ1) is 13.6. The number of morpholine rings is 1. The van der Waals surface area contributed by atoms with Crippen molar-refractivity contribution in [2.75, 3.05) is 45.9 Å². The van der Waals surface area contributed by atoms with Crippen molar-refractivity contribution in [2.45, 2.75) is 32.2 Å². The summed E-state index contributed by atoms with van der Waals surface area (Å²) in [5.74, 6) is -0.679. The summed E-state index contributed by atoms with van der Waals surface area (Å²) in [6.07, 6.45) is -4.67. The quantitative estimate of drug-likeness (QED) is 0.358. The SMILES string of the molecule is CCNC(=NCc1ccc(F)cc1C(F)(F)F)NCC(C)(O)CN1CCOCC1. The number of halogens is 4. The highest BCUT2D eigenvalue weighted by molar-refractivity contribution is 5.79. The minimum absolute atomic E-state index is 0.129. The van der Waals surface area contributed by atoms with Crippen molar-refractivity contribution >= 4 is 5.96 Å². The van der Waals surface area contributed by atoms with Gasteiger partial charge in [0.25, 0.3) is 0 Å². The predicted molar refractivity (Wildman–Crippen MR) is 102 cm³/mol. The lowest BCUT2D eigenvalue weighted by Crippen LogP contribution is -2.52. The zero-order valence-electron chi connectivity index (χ0n) is 16.7. The van der Waals surface area contributed by atoms with Crippen LogP contribution in [-0.4, -0.2) is 67.5 Å². The summed E-state index contributed by atoms with van der Waals surface area (Å²) in [6, 6.07) is 2.53. The molecule has 1 aromatic rings. The molecule has 0 bridgehead atoms. The number of rotatable bonds is 7. The van der Waals surface area contributed by atoms with Crippen molar-refractivity contribution in [3.05, 3.63) is 35.1 Å². The second-order valence-corrected chi connectivity index (χ2v) is 7.23. The third kappa shape index (κ3) is 7.79. The van der Waals surface area contributed by atoms with Crippen molar-refractivity contribution in [1.29, 1.82) is 0 Å². The molecule has 3 N–H and O–H groups in total. The lowest BCUT2D eigenvalue weighted by Gasteiger charge is -2.34. The fourth-order valence-corrected chi connectivity index (χ4v) is 3.03. The van der Waals surface area contributed by atoms with E-state index < -0.39 is 23.2 Å². The number of aliphatic imine (C=N–C) groups is 1. The maximum absolute atomic E-state index is 13.2. The Kier molecular flexibility index (Phi) is 8.23. The third-order valence-electron chi connectivity index (χ3n) is 4.43. The Hall–Kier alpha value is -1.91. The molecule has 6 nitrogen and oxygen atoms in total. The number of hydrogen-bond donors (Lipinski definition) is 3. The number of guanidine groups is 1. The number of β-amino-alcohol motifs (C(OH)–C–C–N with tert-alkyl or cyclic N) is 1. The van der Waals surface area contributed by atoms with E-state index in [4.69, 9.17) is 4.74 Å². The minimum Gasteiger partial charge on any atom is -0.387 e. The largest absolute Gasteiger partial charge is 0.416 e. The van der Waals surface area contributed by atoms with Gasteiger partial charge < -0.3 is 20.5 Å². The van der Waals surface area contributed by atoms with Gasteiger partial charge >= 0.3 is 6.18 Å². The van der Waals surface area contributed by atoms with Crippen molar-refractivity contribution in [2.24, 2.45) is 4.99 Å². The van der Waals surface area contributed by atoms with Gasteiger partial charge in [-0.15, -0.1) is 0 Å². The molecule has 2 rings (SSSR count). The number of nitrogens with zero attached hydrogens (tertiary/aromatic N) is 2. The molecule has 1 aliphatic rings. The van der Waals surface area contributed by atoms with E-state index in [-0.39, 0.29) is 24.6 Å². The fraction of sp³-hybridized carbons (Fsp3) is 0.632. The van der Waals surface area contributed by atoms with Gasteiger partial charge in [0, 0.05) is 32.7 Å². The number of aliphatic hydroxyl groups is 1. The van der Waals surface area contributed by atoms with E-state index in [1.165, 1.54) is 0 Å². The Bertz CT molecular complexity index is 689. The van der Waals surface area contributed by atoms with Crippen LogP contribution in [0.1, 0.15) is 25.0 Å². The predicted octanol–water partition coefficient (Wildman–Crippen LogP) is 1.98. The maximum Gasteiger partial charge on any atom is 0.416 e. The first-order valence-corrected chi connectivity index (χ1v) is 9.51. The number of hydrogen-bond acceptors (Lipinski definition) is 4. The van der Waals surface area contributed by atoms with E-state index in [0.29, 0.717) is 32.4 Å². The van der Waals surface area contributed by atoms with Crippen LogP contribution in [0.2, 0.25) is 0 Å². The van der Waals surface area contributed by atoms with Gasteiger partial charge in [-0.2, -0.15) is 13.2 Å². The molecule has 29 heavy (non-hydrogen) atoms. The average Bonchev–Trinajstić information content (AvgIpc) is 2.64. The molecule has 1 heterocycles. The molecule has 1 fully saturated rings. The molecular formula is C19H28F4N4O2. The maximum atomic E-state index is 13.2. The third-order valence-corrected chi connectivity index (χ3v) is 4.43. The second-order valence-electron chi connectivity index (χ2n) is 7.23. The Morgan fingerprint density at radius 1 is 1.24 bits per heavy atom. The van der Waals surface area contributed by atoms with E-state index in [9.17, 15) is 22.7 Å². The highest BCUT2D eigenvalue weighted by atomic mass is 19.4. The Morgan fingerprint density at radius 3 is 2.55 bits per heavy atom. The summed E-state index contributed by atoms with van der Waals surface area (Å²) in [5.41, 5.74) is -2.24. The normalized spacial score (nSPS) is 18.4. The summed E-state index contributed by atoms with van der Waals surface area (Å²) >= 11 is 0. The van der Waals surface area contributed by atoms with Gasteiger partial charge in [0.2, 0.25) is 0 Å². The summed E-state index contributed by atoms with van der Waals surface area (Å²) in [4.78, 5) is 6.25. The van der Waals surface area contributed by atoms with Crippen LogP contribution in [0.4, 0.5) is 17.6 Å². The number of nitrogens with one attached hydrogen (secondary N) is 2. The van der Waals surface area contributed by atoms with Crippen LogP contribution in [-0.2, 0) is 17.5 Å². The molecule has 0 saturated carbocycles.